The fourth-order valence-corrected chi connectivity index (χ4v) is 3.02. The Bertz CT molecular complexity index is 1400. The summed E-state index contributed by atoms with van der Waals surface area (Å²) in [4.78, 5) is 17.5. The third kappa shape index (κ3) is 4.07. The molecule has 0 saturated heterocycles. The zero-order valence-electron chi connectivity index (χ0n) is 15.8. The second kappa shape index (κ2) is 7.88. The van der Waals surface area contributed by atoms with Crippen molar-refractivity contribution in [3.63, 3.8) is 0 Å². The molecule has 3 aromatic carbocycles. The number of aromatic nitrogens is 2. The Hall–Kier alpha value is -4.25. The van der Waals surface area contributed by atoms with Crippen LogP contribution in [-0.2, 0) is 6.18 Å². The predicted molar refractivity (Wildman–Crippen MR) is 111 cm³/mol. The molecule has 0 amide bonds. The molecule has 4 rings (SSSR count). The zero-order chi connectivity index (χ0) is 22.0. The monoisotopic (exact) mass is 418 g/mol. The van der Waals surface area contributed by atoms with Crippen LogP contribution in [0.5, 0.6) is 0 Å². The standard InChI is InChI=1S/C23H13F3N4O/c24-23(25,26)18-5-3-4-17(12-18)21-29-20-7-2-1-6-19(20)22(31)30(21)28-14-16-10-8-15(13-27)9-11-16/h1-12,14H. The molecule has 0 fully saturated rings. The van der Waals surface area contributed by atoms with Gasteiger partial charge >= 0.3 is 6.18 Å². The van der Waals surface area contributed by atoms with Crippen LogP contribution in [-0.4, -0.2) is 15.9 Å². The van der Waals surface area contributed by atoms with Gasteiger partial charge in [-0.2, -0.15) is 28.2 Å². The maximum absolute atomic E-state index is 13.2. The molecule has 0 radical (unpaired) electrons. The summed E-state index contributed by atoms with van der Waals surface area (Å²) in [6, 6.07) is 19.6. The van der Waals surface area contributed by atoms with E-state index < -0.39 is 17.3 Å². The summed E-state index contributed by atoms with van der Waals surface area (Å²) in [6.07, 6.45) is -3.15. The van der Waals surface area contributed by atoms with Crippen LogP contribution in [0.2, 0.25) is 0 Å². The van der Waals surface area contributed by atoms with E-state index in [4.69, 9.17) is 5.26 Å². The lowest BCUT2D eigenvalue weighted by molar-refractivity contribution is -0.137. The summed E-state index contributed by atoms with van der Waals surface area (Å²) in [6.45, 7) is 0. The third-order valence-electron chi connectivity index (χ3n) is 4.56. The summed E-state index contributed by atoms with van der Waals surface area (Å²) in [7, 11) is 0. The smallest absolute Gasteiger partial charge is 0.267 e. The number of halogens is 3. The van der Waals surface area contributed by atoms with Crippen molar-refractivity contribution >= 4 is 17.1 Å². The second-order valence-corrected chi connectivity index (χ2v) is 6.63. The number of alkyl halides is 3. The van der Waals surface area contributed by atoms with Crippen molar-refractivity contribution in [3.05, 3.63) is 99.8 Å². The first-order valence-electron chi connectivity index (χ1n) is 9.11. The van der Waals surface area contributed by atoms with Gasteiger partial charge in [0.1, 0.15) is 0 Å². The highest BCUT2D eigenvalue weighted by atomic mass is 19.4. The van der Waals surface area contributed by atoms with Gasteiger partial charge in [-0.1, -0.05) is 36.4 Å². The van der Waals surface area contributed by atoms with Crippen LogP contribution >= 0.6 is 0 Å². The summed E-state index contributed by atoms with van der Waals surface area (Å²) < 4.78 is 40.6. The van der Waals surface area contributed by atoms with Gasteiger partial charge in [0.05, 0.1) is 34.3 Å². The normalized spacial score (nSPS) is 11.7. The second-order valence-electron chi connectivity index (χ2n) is 6.63. The zero-order valence-corrected chi connectivity index (χ0v) is 15.8. The molecule has 0 bridgehead atoms. The van der Waals surface area contributed by atoms with Crippen molar-refractivity contribution in [2.45, 2.75) is 6.18 Å². The highest BCUT2D eigenvalue weighted by molar-refractivity contribution is 5.82. The van der Waals surface area contributed by atoms with E-state index >= 15 is 0 Å². The average Bonchev–Trinajstić information content (AvgIpc) is 2.78. The van der Waals surface area contributed by atoms with E-state index in [1.54, 1.807) is 48.5 Å². The Labute approximate surface area is 174 Å². The molecular weight excluding hydrogens is 405 g/mol. The van der Waals surface area contributed by atoms with Crippen LogP contribution in [0.25, 0.3) is 22.3 Å². The molecule has 0 atom stereocenters. The van der Waals surface area contributed by atoms with E-state index in [1.165, 1.54) is 18.3 Å². The molecular formula is C23H13F3N4O. The van der Waals surface area contributed by atoms with Crippen molar-refractivity contribution in [3.8, 4) is 17.5 Å². The summed E-state index contributed by atoms with van der Waals surface area (Å²) in [5.41, 5.74) is 0.165. The quantitative estimate of drug-likeness (QED) is 0.447. The maximum atomic E-state index is 13.2. The van der Waals surface area contributed by atoms with Crippen LogP contribution in [0.1, 0.15) is 16.7 Å². The Morgan fingerprint density at radius 1 is 1.00 bits per heavy atom. The number of hydrogen-bond donors (Lipinski definition) is 0. The van der Waals surface area contributed by atoms with Crippen molar-refractivity contribution < 1.29 is 13.2 Å². The highest BCUT2D eigenvalue weighted by Gasteiger charge is 2.30. The van der Waals surface area contributed by atoms with Crippen molar-refractivity contribution in [2.75, 3.05) is 0 Å². The molecule has 0 spiro atoms. The van der Waals surface area contributed by atoms with Gasteiger partial charge in [-0.3, -0.25) is 4.79 Å². The summed E-state index contributed by atoms with van der Waals surface area (Å²) in [5.74, 6) is -0.0142. The number of benzene rings is 3. The molecule has 1 heterocycles. The van der Waals surface area contributed by atoms with E-state index in [0.717, 1.165) is 16.8 Å². The number of nitriles is 1. The van der Waals surface area contributed by atoms with Crippen LogP contribution in [0, 0.1) is 11.3 Å². The number of nitrogens with zero attached hydrogens (tertiary/aromatic N) is 4. The van der Waals surface area contributed by atoms with Gasteiger partial charge in [-0.15, -0.1) is 0 Å². The van der Waals surface area contributed by atoms with Gasteiger partial charge in [0.25, 0.3) is 5.56 Å². The molecule has 31 heavy (non-hydrogen) atoms. The van der Waals surface area contributed by atoms with E-state index in [2.05, 4.69) is 10.1 Å². The molecule has 4 aromatic rings. The molecule has 0 N–H and O–H groups in total. The van der Waals surface area contributed by atoms with Crippen molar-refractivity contribution in [1.29, 1.82) is 5.26 Å². The summed E-state index contributed by atoms with van der Waals surface area (Å²) >= 11 is 0. The van der Waals surface area contributed by atoms with Gasteiger partial charge in [-0.25, -0.2) is 4.98 Å². The molecule has 1 aromatic heterocycles. The fourth-order valence-electron chi connectivity index (χ4n) is 3.02. The molecule has 0 unspecified atom stereocenters. The maximum Gasteiger partial charge on any atom is 0.416 e. The largest absolute Gasteiger partial charge is 0.416 e. The van der Waals surface area contributed by atoms with Gasteiger partial charge in [0.2, 0.25) is 0 Å². The minimum atomic E-state index is -4.54. The number of rotatable bonds is 3. The minimum Gasteiger partial charge on any atom is -0.267 e. The van der Waals surface area contributed by atoms with Gasteiger partial charge in [0.15, 0.2) is 5.82 Å². The summed E-state index contributed by atoms with van der Waals surface area (Å²) in [5, 5.41) is 13.4. The van der Waals surface area contributed by atoms with Gasteiger partial charge < -0.3 is 0 Å². The molecule has 0 aliphatic heterocycles. The fraction of sp³-hybridized carbons (Fsp3) is 0.0435. The molecule has 0 aliphatic carbocycles. The SMILES string of the molecule is N#Cc1ccc(C=Nn2c(-c3cccc(C(F)(F)F)c3)nc3ccccc3c2=O)cc1. The lowest BCUT2D eigenvalue weighted by Crippen LogP contribution is -2.20. The van der Waals surface area contributed by atoms with E-state index in [-0.39, 0.29) is 16.8 Å². The first kappa shape index (κ1) is 20.0. The van der Waals surface area contributed by atoms with Crippen LogP contribution in [0.3, 0.4) is 0 Å². The Morgan fingerprint density at radius 2 is 1.74 bits per heavy atom. The van der Waals surface area contributed by atoms with Crippen LogP contribution < -0.4 is 5.56 Å². The van der Waals surface area contributed by atoms with Crippen LogP contribution in [0.4, 0.5) is 13.2 Å². The Morgan fingerprint density at radius 3 is 2.45 bits per heavy atom. The molecule has 152 valence electrons. The highest BCUT2D eigenvalue weighted by Crippen LogP contribution is 2.31. The Balaban J connectivity index is 1.91. The van der Waals surface area contributed by atoms with Crippen molar-refractivity contribution in [2.24, 2.45) is 5.10 Å². The lowest BCUT2D eigenvalue weighted by atomic mass is 10.1. The number of hydrogen-bond acceptors (Lipinski definition) is 4. The molecule has 0 saturated carbocycles. The van der Waals surface area contributed by atoms with E-state index in [9.17, 15) is 18.0 Å². The third-order valence-corrected chi connectivity index (χ3v) is 4.56. The molecule has 0 aliphatic rings. The van der Waals surface area contributed by atoms with Gasteiger partial charge in [0, 0.05) is 5.56 Å². The number of para-hydroxylation sites is 1. The first-order valence-corrected chi connectivity index (χ1v) is 9.11. The first-order chi connectivity index (χ1) is 14.9. The van der Waals surface area contributed by atoms with Gasteiger partial charge in [-0.05, 0) is 42.0 Å². The molecule has 5 nitrogen and oxygen atoms in total. The lowest BCUT2D eigenvalue weighted by Gasteiger charge is -2.12. The van der Waals surface area contributed by atoms with Crippen molar-refractivity contribution in [1.82, 2.24) is 9.66 Å². The predicted octanol–water partition coefficient (Wildman–Crippen LogP) is 4.84. The van der Waals surface area contributed by atoms with E-state index in [1.807, 2.05) is 6.07 Å². The van der Waals surface area contributed by atoms with E-state index in [0.29, 0.717) is 16.6 Å². The minimum absolute atomic E-state index is 0.0142. The van der Waals surface area contributed by atoms with Crippen LogP contribution in [0.15, 0.2) is 82.7 Å². The Kier molecular flexibility index (Phi) is 5.09. The molecule has 8 heteroatoms. The number of fused-ring (bicyclic) bond motifs is 1. The average molecular weight is 418 g/mol. The topological polar surface area (TPSA) is 71.0 Å².